The number of non-ortho nitro benzene ring substituents is 1. The van der Waals surface area contributed by atoms with Crippen molar-refractivity contribution in [3.8, 4) is 74.5 Å². The number of rotatable bonds is 9. The minimum Gasteiger partial charge on any atom is -0.514 e. The van der Waals surface area contributed by atoms with Gasteiger partial charge in [0.25, 0.3) is 63.8 Å². The van der Waals surface area contributed by atoms with Crippen molar-refractivity contribution in [3.05, 3.63) is 232 Å². The summed E-state index contributed by atoms with van der Waals surface area (Å²) in [5, 5.41) is 62.9. The maximum atomic E-state index is 10.5. The van der Waals surface area contributed by atoms with Crippen LogP contribution in [0.2, 0.25) is 5.02 Å². The van der Waals surface area contributed by atoms with Gasteiger partial charge in [0.2, 0.25) is 35.3 Å². The minimum atomic E-state index is -1.80. The molecule has 0 atom stereocenters. The second kappa shape index (κ2) is 40.8. The summed E-state index contributed by atoms with van der Waals surface area (Å²) in [5.74, 6) is 2.96. The second-order valence-electron chi connectivity index (χ2n) is 20.4. The summed E-state index contributed by atoms with van der Waals surface area (Å²) in [5.41, 5.74) is 7.08. The van der Waals surface area contributed by atoms with Gasteiger partial charge in [-0.1, -0.05) is 281 Å². The Balaban J connectivity index is 0.000000198. The molecule has 45 heteroatoms. The van der Waals surface area contributed by atoms with E-state index in [1.165, 1.54) is 24.3 Å². The number of hydrogen-bond acceptors (Lipinski definition) is 24. The normalized spacial score (nSPS) is 11.4. The summed E-state index contributed by atoms with van der Waals surface area (Å²) >= 11 is 107. The van der Waals surface area contributed by atoms with Crippen LogP contribution in [0.5, 0.6) is 5.75 Å². The van der Waals surface area contributed by atoms with Crippen molar-refractivity contribution in [2.45, 2.75) is 50.5 Å². The molecule has 0 amide bonds. The average molecular weight is 2030 g/mol. The quantitative estimate of drug-likeness (QED) is 0.0561. The van der Waals surface area contributed by atoms with Crippen LogP contribution in [0.3, 0.4) is 0 Å². The fourth-order valence-corrected chi connectivity index (χ4v) is 8.71. The number of aryl methyl sites for hydroxylation is 3. The monoisotopic (exact) mass is 2020 g/mol. The third kappa shape index (κ3) is 28.9. The third-order valence-corrected chi connectivity index (χ3v) is 15.4. The van der Waals surface area contributed by atoms with Crippen molar-refractivity contribution in [1.29, 1.82) is 0 Å². The fourth-order valence-electron chi connectivity index (χ4n) is 7.21. The van der Waals surface area contributed by atoms with Gasteiger partial charge in [0.15, 0.2) is 5.89 Å². The number of aromatic nitrogens is 14. The smallest absolute Gasteiger partial charge is 0.269 e. The molecule has 0 radical (unpaired) electrons. The molecule has 25 nitrogen and oxygen atoms in total. The van der Waals surface area contributed by atoms with Crippen LogP contribution < -0.4 is 4.74 Å². The van der Waals surface area contributed by atoms with Gasteiger partial charge >= 0.3 is 0 Å². The molecule has 0 saturated heterocycles. The Morgan fingerprint density at radius 2 is 0.611 bits per heavy atom. The van der Waals surface area contributed by atoms with Crippen molar-refractivity contribution < 1.29 is 61.6 Å². The molecule has 0 aliphatic carbocycles. The van der Waals surface area contributed by atoms with E-state index in [2.05, 4.69) is 71.4 Å². The largest absolute Gasteiger partial charge is 0.514 e. The number of benzene rings is 6. The maximum Gasteiger partial charge on any atom is 0.269 e. The van der Waals surface area contributed by atoms with Crippen molar-refractivity contribution in [2.24, 2.45) is 0 Å². The van der Waals surface area contributed by atoms with Crippen LogP contribution >= 0.6 is 220 Å². The van der Waals surface area contributed by atoms with Crippen molar-refractivity contribution in [1.82, 2.24) is 71.4 Å². The van der Waals surface area contributed by atoms with Gasteiger partial charge in [-0.15, -0.1) is 66.3 Å². The van der Waals surface area contributed by atoms with Crippen LogP contribution in [0.4, 0.5) is 5.69 Å². The molecule has 0 aliphatic rings. The number of nitro groups is 1. The Hall–Kier alpha value is -5.56. The molecule has 7 aromatic heterocycles. The van der Waals surface area contributed by atoms with E-state index in [4.69, 9.17) is 263 Å². The second-order valence-corrected chi connectivity index (χ2v) is 34.5. The molecule has 568 valence electrons. The number of allylic oxidation sites excluding steroid dienone is 1. The molecule has 0 aliphatic heterocycles. The van der Waals surface area contributed by atoms with E-state index >= 15 is 0 Å². The molecular formula is C63H41Cl19N15O10W-. The molecule has 13 rings (SSSR count). The zero-order valence-corrected chi connectivity index (χ0v) is 71.7. The van der Waals surface area contributed by atoms with Gasteiger partial charge < -0.3 is 35.7 Å². The number of nitro benzene ring substituents is 1. The molecule has 6 aromatic carbocycles. The SMILES string of the molecule is COc1ccc(-c2nnc(C(Cl)(Cl)Cl)o2)cc1.Cc1ccc(-c2nnc(C(Cl)(Cl)Cl)o2)cc1.Cc1ccc(-c2nnc(C(Cl)(Cl)Cl)o2)cc1.ClC(Cl)(Cl)c1nnc(-c2ccccc2)o1.Clc1ccc(-c2nnc(C(Cl)(Cl)Cl)o2)cc1.O=[N+]([O-])c1ccc(-c2nnc(C(Cl)(Cl)Cl)o2)cc1.[CH-]=C(C)c1nnc(C)o1.[W]. The van der Waals surface area contributed by atoms with E-state index < -0.39 is 27.7 Å². The van der Waals surface area contributed by atoms with Crippen LogP contribution in [-0.4, -0.2) is 83.4 Å². The number of halogens is 19. The van der Waals surface area contributed by atoms with Crippen LogP contribution in [0.1, 0.15) is 65.2 Å². The molecule has 0 spiro atoms. The molecular weight excluding hydrogens is 1980 g/mol. The molecule has 0 N–H and O–H groups in total. The number of nitrogens with zero attached hydrogens (tertiary/aromatic N) is 15. The zero-order chi connectivity index (χ0) is 78.8. The summed E-state index contributed by atoms with van der Waals surface area (Å²) in [7, 11) is 1.59. The Kier molecular flexibility index (Phi) is 34.5. The molecule has 108 heavy (non-hydrogen) atoms. The van der Waals surface area contributed by atoms with E-state index in [1.807, 2.05) is 92.7 Å². The molecule has 13 aromatic rings. The summed E-state index contributed by atoms with van der Waals surface area (Å²) in [4.78, 5) is 9.98. The first-order chi connectivity index (χ1) is 50.0. The van der Waals surface area contributed by atoms with Gasteiger partial charge in [-0.3, -0.25) is 16.7 Å². The Bertz CT molecular complexity index is 4740. The summed E-state index contributed by atoms with van der Waals surface area (Å²) < 4.78 is 31.1. The molecule has 0 saturated carbocycles. The van der Waals surface area contributed by atoms with E-state index in [0.717, 1.165) is 39.1 Å². The van der Waals surface area contributed by atoms with Gasteiger partial charge in [-0.25, -0.2) is 5.10 Å². The van der Waals surface area contributed by atoms with E-state index in [9.17, 15) is 10.1 Å². The van der Waals surface area contributed by atoms with Crippen molar-refractivity contribution in [2.75, 3.05) is 7.11 Å². The van der Waals surface area contributed by atoms with Gasteiger partial charge in [-0.2, -0.15) is 5.57 Å². The Morgan fingerprint density at radius 3 is 0.824 bits per heavy atom. The average Bonchev–Trinajstić information content (AvgIpc) is 1.72. The zero-order valence-electron chi connectivity index (χ0n) is 54.4. The summed E-state index contributed by atoms with van der Waals surface area (Å²) in [6.07, 6.45) is 0. The summed E-state index contributed by atoms with van der Waals surface area (Å²) in [6, 6.07) is 44.0. The molecule has 0 unspecified atom stereocenters. The van der Waals surface area contributed by atoms with E-state index in [-0.39, 0.29) is 79.8 Å². The molecule has 0 bridgehead atoms. The first-order valence-corrected chi connectivity index (χ1v) is 35.9. The van der Waals surface area contributed by atoms with Gasteiger partial charge in [-0.05, 0) is 111 Å². The first kappa shape index (κ1) is 91.3. The summed E-state index contributed by atoms with van der Waals surface area (Å²) in [6.45, 7) is 12.8. The first-order valence-electron chi connectivity index (χ1n) is 28.7. The third-order valence-electron chi connectivity index (χ3n) is 12.2. The Labute approximate surface area is 721 Å². The fraction of sp³-hybridized carbons (Fsp3) is 0.175. The molecule has 7 heterocycles. The number of hydrogen-bond donors (Lipinski definition) is 0. The minimum absolute atomic E-state index is 0. The predicted molar refractivity (Wildman–Crippen MR) is 414 cm³/mol. The number of ether oxygens (including phenoxy) is 1. The topological polar surface area (TPSA) is 325 Å². The van der Waals surface area contributed by atoms with Gasteiger partial charge in [0, 0.05) is 78.5 Å². The number of methoxy groups -OCH3 is 1. The number of alkyl halides is 18. The Morgan fingerprint density at radius 1 is 0.361 bits per heavy atom. The van der Waals surface area contributed by atoms with Crippen LogP contribution in [0.15, 0.2) is 183 Å². The van der Waals surface area contributed by atoms with Crippen molar-refractivity contribution in [3.63, 3.8) is 0 Å². The van der Waals surface area contributed by atoms with E-state index in [1.54, 1.807) is 69.5 Å². The standard InChI is InChI=1S/C10H7Cl3N2O2.2C10H7Cl3N2O.C9H4Cl4N2O.C9H4Cl3N3O3.C9H5Cl3N2O.C6H7N2O.W/c1-16-7-4-2-6(3-5-7)8-14-15-9(17-8)10(11,12)13;2*1-6-2-4-7(5-3-6)8-14-15-9(16-8)10(11,12)13;10-6-3-1-5(2-4-6)7-14-15-8(16-7)9(11,12)13;10-9(11,12)8-14-13-7(18-8)5-1-3-6(4-2-5)15(16)17;10-9(11,12)8-14-13-7(15-8)6-4-2-1-3-5-6;1-4(2)6-8-7-5(3)9-6;/h2-5H,1H3;2*2-5H,1H3;1-4H;1-4H;1-5H;1H,2-3H3;/q;;;;;;-1;. The van der Waals surface area contributed by atoms with Crippen LogP contribution in [0, 0.1) is 37.5 Å². The van der Waals surface area contributed by atoms with E-state index in [0.29, 0.717) is 51.2 Å². The predicted octanol–water partition coefficient (Wildman–Crippen LogP) is 23.8. The van der Waals surface area contributed by atoms with Crippen LogP contribution in [-0.2, 0) is 43.8 Å². The van der Waals surface area contributed by atoms with Crippen molar-refractivity contribution >= 4 is 232 Å². The van der Waals surface area contributed by atoms with Gasteiger partial charge in [0.1, 0.15) is 5.75 Å². The van der Waals surface area contributed by atoms with Gasteiger partial charge in [0.05, 0.1) is 17.9 Å². The maximum absolute atomic E-state index is 10.5. The van der Waals surface area contributed by atoms with Crippen LogP contribution in [0.25, 0.3) is 74.3 Å². The molecule has 0 fully saturated rings.